The van der Waals surface area contributed by atoms with E-state index in [0.717, 1.165) is 12.1 Å². The molecule has 2 aromatic rings. The lowest BCUT2D eigenvalue weighted by Gasteiger charge is -2.12. The zero-order valence-corrected chi connectivity index (χ0v) is 12.7. The minimum atomic E-state index is -0.298. The Balaban J connectivity index is 1.92. The second-order valence-electron chi connectivity index (χ2n) is 5.10. The van der Waals surface area contributed by atoms with Crippen LogP contribution < -0.4 is 10.6 Å². The molecule has 0 unspecified atom stereocenters. The van der Waals surface area contributed by atoms with Gasteiger partial charge in [0.2, 0.25) is 0 Å². The molecule has 1 atom stereocenters. The van der Waals surface area contributed by atoms with E-state index in [1.54, 1.807) is 18.3 Å². The van der Waals surface area contributed by atoms with E-state index in [-0.39, 0.29) is 23.5 Å². The molecule has 1 aromatic carbocycles. The normalized spacial score (nSPS) is 12.1. The van der Waals surface area contributed by atoms with Crippen LogP contribution in [-0.2, 0) is 6.54 Å². The van der Waals surface area contributed by atoms with Gasteiger partial charge in [-0.15, -0.1) is 5.10 Å². The second kappa shape index (κ2) is 7.65. The number of likely N-dealkylation sites (N-methyl/N-ethyl adjacent to an activating group) is 1. The van der Waals surface area contributed by atoms with Gasteiger partial charge in [-0.3, -0.25) is 4.79 Å². The first-order chi connectivity index (χ1) is 10.6. The predicted octanol–water partition coefficient (Wildman–Crippen LogP) is 1.19. The Morgan fingerprint density at radius 1 is 1.45 bits per heavy atom. The number of benzene rings is 1. The van der Waals surface area contributed by atoms with E-state index >= 15 is 0 Å². The first-order valence-corrected chi connectivity index (χ1v) is 7.24. The third kappa shape index (κ3) is 4.63. The molecule has 0 saturated heterocycles. The monoisotopic (exact) mass is 305 g/mol. The third-order valence-corrected chi connectivity index (χ3v) is 3.13. The van der Waals surface area contributed by atoms with Crippen molar-refractivity contribution in [3.05, 3.63) is 47.5 Å². The summed E-state index contributed by atoms with van der Waals surface area (Å²) < 4.78 is 14.6. The van der Waals surface area contributed by atoms with E-state index in [1.165, 1.54) is 16.8 Å². The van der Waals surface area contributed by atoms with Crippen LogP contribution in [0.4, 0.5) is 4.39 Å². The Morgan fingerprint density at radius 2 is 2.27 bits per heavy atom. The van der Waals surface area contributed by atoms with Gasteiger partial charge >= 0.3 is 0 Å². The largest absolute Gasteiger partial charge is 0.349 e. The van der Waals surface area contributed by atoms with Gasteiger partial charge in [-0.25, -0.2) is 9.07 Å². The Bertz CT molecular complexity index is 628. The van der Waals surface area contributed by atoms with Crippen molar-refractivity contribution in [1.82, 2.24) is 25.6 Å². The van der Waals surface area contributed by atoms with Crippen molar-refractivity contribution in [1.29, 1.82) is 0 Å². The molecule has 1 amide bonds. The Morgan fingerprint density at radius 3 is 3.00 bits per heavy atom. The SMILES string of the molecule is CCN[C@H](C)CNC(=O)c1cn(Cc2cccc(F)c2)nn1. The Hall–Kier alpha value is -2.28. The lowest BCUT2D eigenvalue weighted by atomic mass is 10.2. The van der Waals surface area contributed by atoms with E-state index < -0.39 is 0 Å². The molecule has 0 saturated carbocycles. The zero-order chi connectivity index (χ0) is 15.9. The number of nitrogens with zero attached hydrogens (tertiary/aromatic N) is 3. The highest BCUT2D eigenvalue weighted by molar-refractivity contribution is 5.91. The standard InChI is InChI=1S/C15H20FN5O/c1-3-17-11(2)8-18-15(22)14-10-21(20-19-14)9-12-5-4-6-13(16)7-12/h4-7,10-11,17H,3,8-9H2,1-2H3,(H,18,22)/t11-/m1/s1. The summed E-state index contributed by atoms with van der Waals surface area (Å²) in [4.78, 5) is 12.0. The van der Waals surface area contributed by atoms with Crippen LogP contribution in [0.1, 0.15) is 29.9 Å². The molecule has 6 nitrogen and oxygen atoms in total. The highest BCUT2D eigenvalue weighted by Gasteiger charge is 2.11. The van der Waals surface area contributed by atoms with Crippen molar-refractivity contribution in [2.24, 2.45) is 0 Å². The number of aromatic nitrogens is 3. The fourth-order valence-corrected chi connectivity index (χ4v) is 2.06. The van der Waals surface area contributed by atoms with Gasteiger partial charge in [-0.05, 0) is 31.2 Å². The van der Waals surface area contributed by atoms with Gasteiger partial charge in [-0.2, -0.15) is 0 Å². The Kier molecular flexibility index (Phi) is 5.60. The van der Waals surface area contributed by atoms with Gasteiger partial charge in [0.05, 0.1) is 12.7 Å². The number of rotatable bonds is 7. The summed E-state index contributed by atoms with van der Waals surface area (Å²) in [6.45, 7) is 5.73. The van der Waals surface area contributed by atoms with Crippen molar-refractivity contribution in [2.75, 3.05) is 13.1 Å². The fourth-order valence-electron chi connectivity index (χ4n) is 2.06. The molecule has 7 heteroatoms. The van der Waals surface area contributed by atoms with Crippen LogP contribution >= 0.6 is 0 Å². The van der Waals surface area contributed by atoms with Crippen LogP contribution in [0.25, 0.3) is 0 Å². The van der Waals surface area contributed by atoms with Gasteiger partial charge < -0.3 is 10.6 Å². The summed E-state index contributed by atoms with van der Waals surface area (Å²) in [5, 5.41) is 13.7. The van der Waals surface area contributed by atoms with E-state index in [1.807, 2.05) is 13.8 Å². The van der Waals surface area contributed by atoms with Crippen LogP contribution in [0.3, 0.4) is 0 Å². The molecule has 2 rings (SSSR count). The van der Waals surface area contributed by atoms with Crippen molar-refractivity contribution in [3.63, 3.8) is 0 Å². The summed E-state index contributed by atoms with van der Waals surface area (Å²) in [5.74, 6) is -0.566. The van der Waals surface area contributed by atoms with E-state index in [4.69, 9.17) is 0 Å². The van der Waals surface area contributed by atoms with Gasteiger partial charge in [0.25, 0.3) is 5.91 Å². The number of hydrogen-bond acceptors (Lipinski definition) is 4. The highest BCUT2D eigenvalue weighted by Crippen LogP contribution is 2.05. The molecule has 0 fully saturated rings. The molecule has 118 valence electrons. The Labute approximate surface area is 128 Å². The minimum absolute atomic E-state index is 0.191. The van der Waals surface area contributed by atoms with Crippen LogP contribution in [0.15, 0.2) is 30.5 Å². The molecule has 2 N–H and O–H groups in total. The van der Waals surface area contributed by atoms with Gasteiger partial charge in [0.15, 0.2) is 5.69 Å². The second-order valence-corrected chi connectivity index (χ2v) is 5.10. The molecular formula is C15H20FN5O. The maximum Gasteiger partial charge on any atom is 0.273 e. The highest BCUT2D eigenvalue weighted by atomic mass is 19.1. The molecular weight excluding hydrogens is 285 g/mol. The molecule has 1 aromatic heterocycles. The molecule has 0 aliphatic rings. The van der Waals surface area contributed by atoms with Crippen LogP contribution in [-0.4, -0.2) is 40.0 Å². The van der Waals surface area contributed by atoms with Crippen LogP contribution in [0.5, 0.6) is 0 Å². The number of hydrogen-bond donors (Lipinski definition) is 2. The molecule has 0 radical (unpaired) electrons. The molecule has 0 aliphatic heterocycles. The van der Waals surface area contributed by atoms with E-state index in [2.05, 4.69) is 20.9 Å². The summed E-state index contributed by atoms with van der Waals surface area (Å²) in [5.41, 5.74) is 1.01. The number of carbonyl (C=O) groups excluding carboxylic acids is 1. The predicted molar refractivity (Wildman–Crippen MR) is 81.0 cm³/mol. The average Bonchev–Trinajstić information content (AvgIpc) is 2.94. The summed E-state index contributed by atoms with van der Waals surface area (Å²) >= 11 is 0. The first-order valence-electron chi connectivity index (χ1n) is 7.24. The molecule has 0 aliphatic carbocycles. The molecule has 1 heterocycles. The lowest BCUT2D eigenvalue weighted by molar-refractivity contribution is 0.0945. The van der Waals surface area contributed by atoms with Gasteiger partial charge in [-0.1, -0.05) is 24.3 Å². The van der Waals surface area contributed by atoms with Crippen LogP contribution in [0.2, 0.25) is 0 Å². The fraction of sp³-hybridized carbons (Fsp3) is 0.400. The average molecular weight is 305 g/mol. The third-order valence-electron chi connectivity index (χ3n) is 3.13. The van der Waals surface area contributed by atoms with Crippen molar-refractivity contribution >= 4 is 5.91 Å². The molecule has 0 bridgehead atoms. The van der Waals surface area contributed by atoms with Gasteiger partial charge in [0, 0.05) is 12.6 Å². The van der Waals surface area contributed by atoms with E-state index in [0.29, 0.717) is 13.1 Å². The summed E-state index contributed by atoms with van der Waals surface area (Å²) in [7, 11) is 0. The maximum absolute atomic E-state index is 13.1. The topological polar surface area (TPSA) is 71.8 Å². The first kappa shape index (κ1) is 16.1. The zero-order valence-electron chi connectivity index (χ0n) is 12.7. The number of nitrogens with one attached hydrogen (secondary N) is 2. The quantitative estimate of drug-likeness (QED) is 0.806. The minimum Gasteiger partial charge on any atom is -0.349 e. The van der Waals surface area contributed by atoms with Gasteiger partial charge in [0.1, 0.15) is 5.82 Å². The van der Waals surface area contributed by atoms with Crippen LogP contribution in [0, 0.1) is 5.82 Å². The number of amides is 1. The van der Waals surface area contributed by atoms with Crippen molar-refractivity contribution < 1.29 is 9.18 Å². The number of halogens is 1. The molecule has 22 heavy (non-hydrogen) atoms. The van der Waals surface area contributed by atoms with Crippen molar-refractivity contribution in [3.8, 4) is 0 Å². The smallest absolute Gasteiger partial charge is 0.273 e. The van der Waals surface area contributed by atoms with Crippen molar-refractivity contribution in [2.45, 2.75) is 26.4 Å². The summed E-state index contributed by atoms with van der Waals surface area (Å²) in [6.07, 6.45) is 1.55. The summed E-state index contributed by atoms with van der Waals surface area (Å²) in [6, 6.07) is 6.44. The van der Waals surface area contributed by atoms with E-state index in [9.17, 15) is 9.18 Å². The lowest BCUT2D eigenvalue weighted by Crippen LogP contribution is -2.38. The molecule has 0 spiro atoms. The number of carbonyl (C=O) groups is 1. The maximum atomic E-state index is 13.1.